The fraction of sp³-hybridized carbons (Fsp3) is 0.400. The molecule has 1 aliphatic rings. The van der Waals surface area contributed by atoms with Crippen LogP contribution < -0.4 is 5.32 Å². The van der Waals surface area contributed by atoms with Crippen molar-refractivity contribution >= 4 is 0 Å². The van der Waals surface area contributed by atoms with Crippen LogP contribution in [-0.4, -0.2) is 6.43 Å². The highest BCUT2D eigenvalue weighted by atomic mass is 19.3. The normalized spacial score (nSPS) is 17.1. The van der Waals surface area contributed by atoms with E-state index in [4.69, 9.17) is 0 Å². The second kappa shape index (κ2) is 3.61. The largest absolute Gasteiger partial charge is 0.309 e. The Morgan fingerprint density at radius 2 is 1.79 bits per heavy atom. The summed E-state index contributed by atoms with van der Waals surface area (Å²) in [6, 6.07) is 4.66. The van der Waals surface area contributed by atoms with Crippen molar-refractivity contribution in [3.63, 3.8) is 0 Å². The molecule has 0 fully saturated rings. The van der Waals surface area contributed by atoms with E-state index in [0.717, 1.165) is 17.7 Å². The molecule has 0 aromatic heterocycles. The van der Waals surface area contributed by atoms with Gasteiger partial charge in [-0.05, 0) is 16.7 Å². The molecule has 1 aliphatic heterocycles. The van der Waals surface area contributed by atoms with Crippen LogP contribution in [0.2, 0.25) is 0 Å². The minimum atomic E-state index is -2.94. The van der Waals surface area contributed by atoms with Gasteiger partial charge in [-0.1, -0.05) is 18.2 Å². The van der Waals surface area contributed by atoms with Gasteiger partial charge in [-0.15, -0.1) is 0 Å². The molecule has 1 aromatic carbocycles. The summed E-state index contributed by atoms with van der Waals surface area (Å²) in [5, 5.41) is 3.07. The SMILES string of the molecule is FC(F)C(F)c1ccc2c(c1)CNC2. The van der Waals surface area contributed by atoms with Gasteiger partial charge < -0.3 is 5.32 Å². The van der Waals surface area contributed by atoms with E-state index in [9.17, 15) is 13.2 Å². The van der Waals surface area contributed by atoms with E-state index >= 15 is 0 Å². The quantitative estimate of drug-likeness (QED) is 0.775. The molecule has 0 radical (unpaired) electrons. The lowest BCUT2D eigenvalue weighted by Crippen LogP contribution is -2.03. The van der Waals surface area contributed by atoms with Gasteiger partial charge >= 0.3 is 0 Å². The second-order valence-electron chi connectivity index (χ2n) is 3.37. The molecule has 1 N–H and O–H groups in total. The van der Waals surface area contributed by atoms with E-state index in [2.05, 4.69) is 5.32 Å². The maximum atomic E-state index is 13.0. The van der Waals surface area contributed by atoms with Gasteiger partial charge in [0.15, 0.2) is 6.17 Å². The number of rotatable bonds is 2. The van der Waals surface area contributed by atoms with Crippen molar-refractivity contribution in [2.24, 2.45) is 0 Å². The monoisotopic (exact) mass is 201 g/mol. The van der Waals surface area contributed by atoms with E-state index < -0.39 is 12.6 Å². The summed E-state index contributed by atoms with van der Waals surface area (Å²) in [6.07, 6.45) is -5.11. The third kappa shape index (κ3) is 1.62. The predicted octanol–water partition coefficient (Wildman–Crippen LogP) is 2.57. The molecule has 0 spiro atoms. The molecular weight excluding hydrogens is 191 g/mol. The Bertz CT molecular complexity index is 338. The molecule has 0 bridgehead atoms. The van der Waals surface area contributed by atoms with E-state index in [1.165, 1.54) is 12.1 Å². The Balaban J connectivity index is 2.28. The minimum absolute atomic E-state index is 0.0717. The topological polar surface area (TPSA) is 12.0 Å². The van der Waals surface area contributed by atoms with Crippen molar-refractivity contribution in [2.75, 3.05) is 0 Å². The maximum absolute atomic E-state index is 13.0. The van der Waals surface area contributed by atoms with Crippen molar-refractivity contribution in [1.29, 1.82) is 0 Å². The molecule has 0 saturated carbocycles. The standard InChI is InChI=1S/C10H10F3N/c11-9(10(12)13)6-1-2-7-4-14-5-8(7)3-6/h1-3,9-10,14H,4-5H2. The number of halogens is 3. The van der Waals surface area contributed by atoms with E-state index in [-0.39, 0.29) is 5.56 Å². The zero-order valence-corrected chi connectivity index (χ0v) is 7.43. The first-order valence-electron chi connectivity index (χ1n) is 4.43. The lowest BCUT2D eigenvalue weighted by molar-refractivity contribution is 0.0495. The summed E-state index contributed by atoms with van der Waals surface area (Å²) in [7, 11) is 0. The number of fused-ring (bicyclic) bond motifs is 1. The molecule has 0 saturated heterocycles. The van der Waals surface area contributed by atoms with Crippen molar-refractivity contribution < 1.29 is 13.2 Å². The predicted molar refractivity (Wildman–Crippen MR) is 46.8 cm³/mol. The summed E-state index contributed by atoms with van der Waals surface area (Å²) in [5.74, 6) is 0. The Kier molecular flexibility index (Phi) is 2.46. The van der Waals surface area contributed by atoms with Gasteiger partial charge in [0.1, 0.15) is 0 Å². The molecule has 1 heterocycles. The first-order chi connectivity index (χ1) is 6.68. The van der Waals surface area contributed by atoms with Crippen LogP contribution in [0.3, 0.4) is 0 Å². The third-order valence-corrected chi connectivity index (χ3v) is 2.40. The number of alkyl halides is 3. The molecule has 1 unspecified atom stereocenters. The lowest BCUT2D eigenvalue weighted by atomic mass is 10.0. The fourth-order valence-corrected chi connectivity index (χ4v) is 1.63. The van der Waals surface area contributed by atoms with Gasteiger partial charge in [0, 0.05) is 13.1 Å². The van der Waals surface area contributed by atoms with Gasteiger partial charge in [0.25, 0.3) is 6.43 Å². The zero-order valence-electron chi connectivity index (χ0n) is 7.43. The highest BCUT2D eigenvalue weighted by Crippen LogP contribution is 2.27. The third-order valence-electron chi connectivity index (χ3n) is 2.40. The second-order valence-corrected chi connectivity index (χ2v) is 3.37. The summed E-state index contributed by atoms with van der Waals surface area (Å²) < 4.78 is 37.1. The van der Waals surface area contributed by atoms with Gasteiger partial charge in [-0.3, -0.25) is 0 Å². The number of hydrogen-bond donors (Lipinski definition) is 1. The fourth-order valence-electron chi connectivity index (χ4n) is 1.63. The lowest BCUT2D eigenvalue weighted by Gasteiger charge is -2.08. The van der Waals surface area contributed by atoms with Crippen LogP contribution in [0.4, 0.5) is 13.2 Å². The average Bonchev–Trinajstić information content (AvgIpc) is 2.62. The number of benzene rings is 1. The molecule has 4 heteroatoms. The minimum Gasteiger partial charge on any atom is -0.309 e. The molecule has 2 rings (SSSR count). The van der Waals surface area contributed by atoms with Crippen LogP contribution in [0.15, 0.2) is 18.2 Å². The smallest absolute Gasteiger partial charge is 0.273 e. The van der Waals surface area contributed by atoms with Gasteiger partial charge in [0.05, 0.1) is 0 Å². The van der Waals surface area contributed by atoms with Crippen LogP contribution in [0, 0.1) is 0 Å². The van der Waals surface area contributed by atoms with E-state index in [1.807, 2.05) is 0 Å². The van der Waals surface area contributed by atoms with Gasteiger partial charge in [0.2, 0.25) is 0 Å². The van der Waals surface area contributed by atoms with Crippen LogP contribution in [0.1, 0.15) is 22.9 Å². The Labute approximate surface area is 79.9 Å². The van der Waals surface area contributed by atoms with Crippen LogP contribution in [-0.2, 0) is 13.1 Å². The van der Waals surface area contributed by atoms with Crippen LogP contribution >= 0.6 is 0 Å². The first kappa shape index (κ1) is 9.52. The van der Waals surface area contributed by atoms with Crippen molar-refractivity contribution in [2.45, 2.75) is 25.7 Å². The summed E-state index contributed by atoms with van der Waals surface area (Å²) >= 11 is 0. The van der Waals surface area contributed by atoms with Gasteiger partial charge in [-0.25, -0.2) is 13.2 Å². The molecular formula is C10H10F3N. The van der Waals surface area contributed by atoms with E-state index in [1.54, 1.807) is 6.07 Å². The average molecular weight is 201 g/mol. The molecule has 0 amide bonds. The van der Waals surface area contributed by atoms with Crippen LogP contribution in [0.5, 0.6) is 0 Å². The molecule has 1 aromatic rings. The Morgan fingerprint density at radius 3 is 2.50 bits per heavy atom. The summed E-state index contributed by atoms with van der Waals surface area (Å²) in [6.45, 7) is 1.38. The van der Waals surface area contributed by atoms with Crippen molar-refractivity contribution in [3.05, 3.63) is 34.9 Å². The van der Waals surface area contributed by atoms with E-state index in [0.29, 0.717) is 6.54 Å². The number of hydrogen-bond acceptors (Lipinski definition) is 1. The molecule has 0 aliphatic carbocycles. The molecule has 76 valence electrons. The van der Waals surface area contributed by atoms with Gasteiger partial charge in [-0.2, -0.15) is 0 Å². The van der Waals surface area contributed by atoms with Crippen LogP contribution in [0.25, 0.3) is 0 Å². The summed E-state index contributed by atoms with van der Waals surface area (Å²) in [4.78, 5) is 0. The Morgan fingerprint density at radius 1 is 1.07 bits per heavy atom. The highest BCUT2D eigenvalue weighted by Gasteiger charge is 2.22. The molecule has 1 nitrogen and oxygen atoms in total. The maximum Gasteiger partial charge on any atom is 0.273 e. The first-order valence-corrected chi connectivity index (χ1v) is 4.43. The molecule has 14 heavy (non-hydrogen) atoms. The number of nitrogens with one attached hydrogen (secondary N) is 1. The zero-order chi connectivity index (χ0) is 10.1. The molecule has 1 atom stereocenters. The van der Waals surface area contributed by atoms with Crippen molar-refractivity contribution in [3.8, 4) is 0 Å². The summed E-state index contributed by atoms with van der Waals surface area (Å²) in [5.41, 5.74) is 2.06. The Hall–Kier alpha value is -1.03. The van der Waals surface area contributed by atoms with Crippen molar-refractivity contribution in [1.82, 2.24) is 5.32 Å². The highest BCUT2D eigenvalue weighted by molar-refractivity contribution is 5.35.